The third-order valence-electron chi connectivity index (χ3n) is 2.41. The van der Waals surface area contributed by atoms with Crippen LogP contribution in [0.5, 0.6) is 0 Å². The van der Waals surface area contributed by atoms with Crippen LogP contribution in [-0.4, -0.2) is 11.9 Å². The summed E-state index contributed by atoms with van der Waals surface area (Å²) in [6.07, 6.45) is 0.976. The van der Waals surface area contributed by atoms with Crippen LogP contribution in [0.2, 0.25) is 0 Å². The van der Waals surface area contributed by atoms with E-state index >= 15 is 0 Å². The van der Waals surface area contributed by atoms with E-state index in [2.05, 4.69) is 47.7 Å². The summed E-state index contributed by atoms with van der Waals surface area (Å²) in [5, 5.41) is 2.98. The Kier molecular flexibility index (Phi) is 5.53. The lowest BCUT2D eigenvalue weighted by atomic mass is 10.0. The predicted octanol–water partition coefficient (Wildman–Crippen LogP) is 3.90. The van der Waals surface area contributed by atoms with Gasteiger partial charge in [0, 0.05) is 15.4 Å². The van der Waals surface area contributed by atoms with Gasteiger partial charge in [-0.15, -0.1) is 12.6 Å². The van der Waals surface area contributed by atoms with Gasteiger partial charge in [0.2, 0.25) is 0 Å². The summed E-state index contributed by atoms with van der Waals surface area (Å²) in [7, 11) is 0. The zero-order chi connectivity index (χ0) is 13.0. The molecule has 0 radical (unpaired) electrons. The molecule has 1 amide bonds. The van der Waals surface area contributed by atoms with Crippen molar-refractivity contribution in [2.24, 2.45) is 5.92 Å². The van der Waals surface area contributed by atoms with Gasteiger partial charge in [-0.1, -0.05) is 29.8 Å². The van der Waals surface area contributed by atoms with Crippen LogP contribution in [0, 0.1) is 5.92 Å². The van der Waals surface area contributed by atoms with Crippen LogP contribution in [0.1, 0.15) is 37.6 Å². The lowest BCUT2D eigenvalue weighted by Gasteiger charge is -2.16. The summed E-state index contributed by atoms with van der Waals surface area (Å²) in [5.41, 5.74) is 0.618. The van der Waals surface area contributed by atoms with Gasteiger partial charge in [-0.3, -0.25) is 4.79 Å². The maximum absolute atomic E-state index is 12.0. The van der Waals surface area contributed by atoms with Crippen molar-refractivity contribution >= 4 is 34.5 Å². The monoisotopic (exact) mass is 315 g/mol. The topological polar surface area (TPSA) is 29.1 Å². The molecule has 4 heteroatoms. The average Bonchev–Trinajstić information content (AvgIpc) is 2.15. The number of thiol groups is 1. The highest BCUT2D eigenvalue weighted by Gasteiger charge is 2.13. The van der Waals surface area contributed by atoms with E-state index in [0.717, 1.165) is 10.9 Å². The minimum atomic E-state index is -0.0596. The molecule has 94 valence electrons. The fourth-order valence-electron chi connectivity index (χ4n) is 1.76. The van der Waals surface area contributed by atoms with E-state index in [-0.39, 0.29) is 11.9 Å². The van der Waals surface area contributed by atoms with Gasteiger partial charge in [0.15, 0.2) is 0 Å². The van der Waals surface area contributed by atoms with Crippen molar-refractivity contribution in [1.82, 2.24) is 5.32 Å². The molecule has 0 aliphatic heterocycles. The van der Waals surface area contributed by atoms with Crippen molar-refractivity contribution in [3.05, 3.63) is 28.2 Å². The number of carbonyl (C=O) groups excluding carboxylic acids is 1. The molecule has 1 N–H and O–H groups in total. The third-order valence-corrected chi connectivity index (χ3v) is 3.27. The minimum Gasteiger partial charge on any atom is -0.350 e. The van der Waals surface area contributed by atoms with Crippen molar-refractivity contribution in [2.45, 2.75) is 38.1 Å². The molecule has 0 aliphatic rings. The Hall–Kier alpha value is -0.480. The first-order valence-corrected chi connectivity index (χ1v) is 6.93. The average molecular weight is 316 g/mol. The number of hydrogen-bond acceptors (Lipinski definition) is 2. The van der Waals surface area contributed by atoms with E-state index in [4.69, 9.17) is 0 Å². The molecule has 1 atom stereocenters. The Labute approximate surface area is 117 Å². The molecule has 1 rings (SSSR count). The summed E-state index contributed by atoms with van der Waals surface area (Å²) in [4.78, 5) is 12.7. The quantitative estimate of drug-likeness (QED) is 0.811. The molecule has 0 heterocycles. The molecular formula is C13H18BrNOS. The summed E-state index contributed by atoms with van der Waals surface area (Å²) >= 11 is 7.66. The van der Waals surface area contributed by atoms with Crippen LogP contribution in [0.4, 0.5) is 0 Å². The Balaban J connectivity index is 2.70. The fourth-order valence-corrected chi connectivity index (χ4v) is 2.62. The van der Waals surface area contributed by atoms with Crippen LogP contribution in [0.3, 0.4) is 0 Å². The summed E-state index contributed by atoms with van der Waals surface area (Å²) in [6.45, 7) is 6.31. The smallest absolute Gasteiger partial charge is 0.252 e. The second-order valence-electron chi connectivity index (χ2n) is 4.67. The van der Waals surface area contributed by atoms with E-state index < -0.39 is 0 Å². The zero-order valence-electron chi connectivity index (χ0n) is 10.3. The fraction of sp³-hybridized carbons (Fsp3) is 0.462. The number of halogens is 1. The van der Waals surface area contributed by atoms with E-state index in [1.807, 2.05) is 19.1 Å². The summed E-state index contributed by atoms with van der Waals surface area (Å²) < 4.78 is 0.925. The van der Waals surface area contributed by atoms with E-state index in [9.17, 15) is 4.79 Å². The molecule has 0 aromatic heterocycles. The normalized spacial score (nSPS) is 12.6. The number of benzene rings is 1. The maximum Gasteiger partial charge on any atom is 0.252 e. The van der Waals surface area contributed by atoms with Crippen molar-refractivity contribution < 1.29 is 4.79 Å². The highest BCUT2D eigenvalue weighted by molar-refractivity contribution is 9.10. The molecule has 1 aromatic rings. The minimum absolute atomic E-state index is 0.0596. The lowest BCUT2D eigenvalue weighted by molar-refractivity contribution is 0.0933. The van der Waals surface area contributed by atoms with Crippen molar-refractivity contribution in [2.75, 3.05) is 0 Å². The Morgan fingerprint density at radius 2 is 2.06 bits per heavy atom. The van der Waals surface area contributed by atoms with Crippen LogP contribution < -0.4 is 5.32 Å². The number of nitrogens with one attached hydrogen (secondary N) is 1. The molecule has 0 aliphatic carbocycles. The Morgan fingerprint density at radius 3 is 2.59 bits per heavy atom. The molecule has 17 heavy (non-hydrogen) atoms. The number of rotatable bonds is 4. The van der Waals surface area contributed by atoms with E-state index in [1.165, 1.54) is 0 Å². The van der Waals surface area contributed by atoms with Gasteiger partial charge in [-0.25, -0.2) is 0 Å². The Bertz CT molecular complexity index is 406. The first-order valence-electron chi connectivity index (χ1n) is 5.69. The second-order valence-corrected chi connectivity index (χ2v) is 6.06. The highest BCUT2D eigenvalue weighted by atomic mass is 79.9. The standard InChI is InChI=1S/C13H18BrNOS/c1-8(2)6-9(3)15-13(16)11-5-4-10(14)7-12(11)17/h4-5,7-9,17H,6H2,1-3H3,(H,15,16). The maximum atomic E-state index is 12.0. The molecule has 0 saturated carbocycles. The third kappa shape index (κ3) is 4.72. The van der Waals surface area contributed by atoms with Gasteiger partial charge in [-0.05, 0) is 37.5 Å². The van der Waals surface area contributed by atoms with E-state index in [0.29, 0.717) is 16.4 Å². The highest BCUT2D eigenvalue weighted by Crippen LogP contribution is 2.20. The number of hydrogen-bond donors (Lipinski definition) is 2. The number of carbonyl (C=O) groups is 1. The van der Waals surface area contributed by atoms with Crippen LogP contribution in [0.25, 0.3) is 0 Å². The second kappa shape index (κ2) is 6.45. The largest absolute Gasteiger partial charge is 0.350 e. The molecule has 0 bridgehead atoms. The summed E-state index contributed by atoms with van der Waals surface area (Å²) in [5.74, 6) is 0.515. The van der Waals surface area contributed by atoms with Crippen molar-refractivity contribution in [3.8, 4) is 0 Å². The predicted molar refractivity (Wildman–Crippen MR) is 77.8 cm³/mol. The number of amides is 1. The van der Waals surface area contributed by atoms with Gasteiger partial charge in [0.25, 0.3) is 5.91 Å². The van der Waals surface area contributed by atoms with Crippen molar-refractivity contribution in [1.29, 1.82) is 0 Å². The van der Waals surface area contributed by atoms with Gasteiger partial charge in [0.05, 0.1) is 5.56 Å². The van der Waals surface area contributed by atoms with Crippen LogP contribution in [0.15, 0.2) is 27.6 Å². The van der Waals surface area contributed by atoms with E-state index in [1.54, 1.807) is 6.07 Å². The van der Waals surface area contributed by atoms with Gasteiger partial charge in [-0.2, -0.15) is 0 Å². The zero-order valence-corrected chi connectivity index (χ0v) is 12.8. The van der Waals surface area contributed by atoms with Gasteiger partial charge < -0.3 is 5.32 Å². The first kappa shape index (κ1) is 14.6. The van der Waals surface area contributed by atoms with Crippen LogP contribution >= 0.6 is 28.6 Å². The molecule has 0 saturated heterocycles. The Morgan fingerprint density at radius 1 is 1.41 bits per heavy atom. The van der Waals surface area contributed by atoms with Gasteiger partial charge >= 0.3 is 0 Å². The lowest BCUT2D eigenvalue weighted by Crippen LogP contribution is -2.33. The summed E-state index contributed by atoms with van der Waals surface area (Å²) in [6, 6.07) is 5.63. The molecule has 1 aromatic carbocycles. The SMILES string of the molecule is CC(C)CC(C)NC(=O)c1ccc(Br)cc1S. The molecule has 0 fully saturated rings. The van der Waals surface area contributed by atoms with Crippen molar-refractivity contribution in [3.63, 3.8) is 0 Å². The molecule has 1 unspecified atom stereocenters. The molecule has 0 spiro atoms. The molecular weight excluding hydrogens is 298 g/mol. The van der Waals surface area contributed by atoms with Gasteiger partial charge in [0.1, 0.15) is 0 Å². The molecule has 2 nitrogen and oxygen atoms in total. The van der Waals surface area contributed by atoms with Crippen LogP contribution in [-0.2, 0) is 0 Å². The first-order chi connectivity index (χ1) is 7.90.